The second-order valence-electron chi connectivity index (χ2n) is 8.11. The number of Topliss-reactive ketones (excluding diaryl/α,β-unsaturated/α-hetero) is 1. The Hall–Kier alpha value is -3.47. The van der Waals surface area contributed by atoms with Crippen molar-refractivity contribution in [2.45, 2.75) is 39.2 Å². The van der Waals surface area contributed by atoms with Gasteiger partial charge in [-0.1, -0.05) is 23.8 Å². The van der Waals surface area contributed by atoms with Crippen molar-refractivity contribution >= 4 is 17.9 Å². The minimum absolute atomic E-state index is 0.0357. The molecule has 2 aliphatic heterocycles. The van der Waals surface area contributed by atoms with Crippen LogP contribution >= 0.6 is 0 Å². The lowest BCUT2D eigenvalue weighted by Crippen LogP contribution is -2.31. The second-order valence-corrected chi connectivity index (χ2v) is 8.11. The first-order chi connectivity index (χ1) is 14.3. The van der Waals surface area contributed by atoms with Crippen molar-refractivity contribution < 1.29 is 24.5 Å². The molecule has 0 radical (unpaired) electrons. The van der Waals surface area contributed by atoms with E-state index in [2.05, 4.69) is 19.9 Å². The van der Waals surface area contributed by atoms with Crippen LogP contribution in [-0.4, -0.2) is 21.6 Å². The summed E-state index contributed by atoms with van der Waals surface area (Å²) in [5.41, 5.74) is 2.52. The van der Waals surface area contributed by atoms with Gasteiger partial charge in [0, 0.05) is 11.6 Å². The van der Waals surface area contributed by atoms with Gasteiger partial charge >= 0.3 is 0 Å². The van der Waals surface area contributed by atoms with Crippen LogP contribution in [0.3, 0.4) is 0 Å². The Labute approximate surface area is 175 Å². The van der Waals surface area contributed by atoms with E-state index in [1.807, 2.05) is 19.1 Å². The fourth-order valence-electron chi connectivity index (χ4n) is 3.63. The van der Waals surface area contributed by atoms with Gasteiger partial charge in [-0.25, -0.2) is 0 Å². The maximum atomic E-state index is 12.6. The molecule has 0 spiro atoms. The van der Waals surface area contributed by atoms with Crippen LogP contribution in [0.25, 0.3) is 12.2 Å². The molecule has 0 aliphatic carbocycles. The Morgan fingerprint density at radius 2 is 1.97 bits per heavy atom. The molecule has 0 saturated heterocycles. The normalized spacial score (nSPS) is 20.4. The molecule has 5 nitrogen and oxygen atoms in total. The number of carbonyl (C=O) groups is 1. The van der Waals surface area contributed by atoms with Crippen LogP contribution in [0.1, 0.15) is 55.1 Å². The fourth-order valence-corrected chi connectivity index (χ4v) is 3.63. The highest BCUT2D eigenvalue weighted by molar-refractivity contribution is 6.14. The predicted octanol–water partition coefficient (Wildman–Crippen LogP) is 5.62. The molecule has 2 aromatic carbocycles. The Bertz CT molecular complexity index is 1120. The lowest BCUT2D eigenvalue weighted by atomic mass is 9.92. The highest BCUT2D eigenvalue weighted by Crippen LogP contribution is 2.43. The third-order valence-corrected chi connectivity index (χ3v) is 5.28. The number of benzene rings is 2. The number of aromatic hydroxyl groups is 2. The van der Waals surface area contributed by atoms with Crippen LogP contribution in [0.4, 0.5) is 0 Å². The predicted molar refractivity (Wildman–Crippen MR) is 116 cm³/mol. The van der Waals surface area contributed by atoms with Gasteiger partial charge in [0.2, 0.25) is 5.78 Å². The molecule has 2 aliphatic rings. The lowest BCUT2D eigenvalue weighted by Gasteiger charge is -2.32. The van der Waals surface area contributed by atoms with E-state index in [1.54, 1.807) is 24.3 Å². The first kappa shape index (κ1) is 19.8. The van der Waals surface area contributed by atoms with Gasteiger partial charge in [-0.15, -0.1) is 0 Å². The summed E-state index contributed by atoms with van der Waals surface area (Å²) in [5, 5.41) is 20.0. The summed E-state index contributed by atoms with van der Waals surface area (Å²) < 4.78 is 11.8. The van der Waals surface area contributed by atoms with Crippen molar-refractivity contribution in [2.24, 2.45) is 0 Å². The van der Waals surface area contributed by atoms with Crippen molar-refractivity contribution in [3.05, 3.63) is 70.5 Å². The summed E-state index contributed by atoms with van der Waals surface area (Å²) in [6.45, 7) is 6.11. The molecule has 0 aromatic heterocycles. The second kappa shape index (κ2) is 7.41. The highest BCUT2D eigenvalue weighted by Gasteiger charge is 2.31. The van der Waals surface area contributed by atoms with E-state index in [1.165, 1.54) is 17.7 Å². The standard InChI is InChI=1S/C25H24O5/c1-15(2)5-4-11-25(3)12-10-18-16(6-9-20(27)24(18)30-25)13-22-23(28)19-8-7-17(26)14-21(19)29-22/h5-10,12-14,26-27H,4,11H2,1-3H3/b22-13-. The number of hydrogen-bond acceptors (Lipinski definition) is 5. The number of ketones is 1. The SMILES string of the molecule is CC(C)=CCCC1(C)C=Cc2c(/C=C3\Oc4cc(O)ccc4C3=O)ccc(O)c2O1. The number of allylic oxidation sites excluding steroid dienone is 3. The van der Waals surface area contributed by atoms with Gasteiger partial charge in [0.25, 0.3) is 0 Å². The zero-order valence-electron chi connectivity index (χ0n) is 17.2. The summed E-state index contributed by atoms with van der Waals surface area (Å²) in [6.07, 6.45) is 9.36. The zero-order chi connectivity index (χ0) is 21.5. The third-order valence-electron chi connectivity index (χ3n) is 5.28. The van der Waals surface area contributed by atoms with Gasteiger partial charge in [0.15, 0.2) is 17.3 Å². The first-order valence-electron chi connectivity index (χ1n) is 9.91. The molecule has 0 fully saturated rings. The van der Waals surface area contributed by atoms with Gasteiger partial charge in [0.1, 0.15) is 17.1 Å². The van der Waals surface area contributed by atoms with E-state index in [4.69, 9.17) is 9.47 Å². The zero-order valence-corrected chi connectivity index (χ0v) is 17.2. The number of carbonyl (C=O) groups excluding carboxylic acids is 1. The van der Waals surface area contributed by atoms with Crippen LogP contribution in [0, 0.1) is 0 Å². The molecule has 1 atom stereocenters. The fraction of sp³-hybridized carbons (Fsp3) is 0.240. The maximum absolute atomic E-state index is 12.6. The largest absolute Gasteiger partial charge is 0.508 e. The summed E-state index contributed by atoms with van der Waals surface area (Å²) in [4.78, 5) is 12.6. The van der Waals surface area contributed by atoms with Gasteiger partial charge in [0.05, 0.1) is 5.56 Å². The first-order valence-corrected chi connectivity index (χ1v) is 9.91. The van der Waals surface area contributed by atoms with E-state index in [0.29, 0.717) is 28.2 Å². The molecule has 5 heteroatoms. The number of ether oxygens (including phenoxy) is 2. The van der Waals surface area contributed by atoms with Crippen molar-refractivity contribution in [1.29, 1.82) is 0 Å². The van der Waals surface area contributed by atoms with Crippen LogP contribution in [0.15, 0.2) is 53.8 Å². The summed E-state index contributed by atoms with van der Waals surface area (Å²) in [6, 6.07) is 7.69. The van der Waals surface area contributed by atoms with E-state index in [-0.39, 0.29) is 23.0 Å². The maximum Gasteiger partial charge on any atom is 0.231 e. The molecular weight excluding hydrogens is 380 g/mol. The molecule has 2 N–H and O–H groups in total. The summed E-state index contributed by atoms with van der Waals surface area (Å²) in [7, 11) is 0. The monoisotopic (exact) mass is 404 g/mol. The molecule has 0 saturated carbocycles. The van der Waals surface area contributed by atoms with Crippen LogP contribution < -0.4 is 9.47 Å². The van der Waals surface area contributed by atoms with E-state index < -0.39 is 5.60 Å². The van der Waals surface area contributed by atoms with Crippen LogP contribution in [-0.2, 0) is 0 Å². The lowest BCUT2D eigenvalue weighted by molar-refractivity contribution is 0.101. The van der Waals surface area contributed by atoms with Crippen molar-refractivity contribution in [2.75, 3.05) is 0 Å². The third kappa shape index (κ3) is 3.71. The molecule has 154 valence electrons. The molecule has 2 heterocycles. The summed E-state index contributed by atoms with van der Waals surface area (Å²) in [5.74, 6) is 0.725. The molecule has 0 amide bonds. The Kier molecular flexibility index (Phi) is 4.90. The van der Waals surface area contributed by atoms with Crippen molar-refractivity contribution in [1.82, 2.24) is 0 Å². The number of phenolic OH excluding ortho intramolecular Hbond substituents is 2. The van der Waals surface area contributed by atoms with E-state index in [9.17, 15) is 15.0 Å². The molecule has 4 rings (SSSR count). The Morgan fingerprint density at radius 3 is 2.73 bits per heavy atom. The molecule has 2 aromatic rings. The van der Waals surface area contributed by atoms with E-state index in [0.717, 1.165) is 12.8 Å². The summed E-state index contributed by atoms with van der Waals surface area (Å²) >= 11 is 0. The number of fused-ring (bicyclic) bond motifs is 2. The number of rotatable bonds is 4. The molecule has 30 heavy (non-hydrogen) atoms. The topological polar surface area (TPSA) is 76.0 Å². The minimum Gasteiger partial charge on any atom is -0.508 e. The van der Waals surface area contributed by atoms with Crippen molar-refractivity contribution in [3.8, 4) is 23.0 Å². The quantitative estimate of drug-likeness (QED) is 0.511. The Balaban J connectivity index is 1.65. The molecule has 0 bridgehead atoms. The van der Waals surface area contributed by atoms with Gasteiger partial charge < -0.3 is 19.7 Å². The van der Waals surface area contributed by atoms with Gasteiger partial charge in [-0.05, 0) is 69.5 Å². The van der Waals surface area contributed by atoms with Crippen LogP contribution in [0.2, 0.25) is 0 Å². The molecule has 1 unspecified atom stereocenters. The number of phenols is 2. The Morgan fingerprint density at radius 1 is 1.17 bits per heavy atom. The molecular formula is C25H24O5. The van der Waals surface area contributed by atoms with Crippen molar-refractivity contribution in [3.63, 3.8) is 0 Å². The highest BCUT2D eigenvalue weighted by atomic mass is 16.5. The van der Waals surface area contributed by atoms with E-state index >= 15 is 0 Å². The average Bonchev–Trinajstić information content (AvgIpc) is 2.98. The van der Waals surface area contributed by atoms with Gasteiger partial charge in [-0.3, -0.25) is 4.79 Å². The number of hydrogen-bond donors (Lipinski definition) is 2. The smallest absolute Gasteiger partial charge is 0.231 e. The minimum atomic E-state index is -0.532. The average molecular weight is 404 g/mol. The van der Waals surface area contributed by atoms with Gasteiger partial charge in [-0.2, -0.15) is 0 Å². The van der Waals surface area contributed by atoms with Crippen LogP contribution in [0.5, 0.6) is 23.0 Å².